The van der Waals surface area contributed by atoms with Gasteiger partial charge in [0.2, 0.25) is 11.8 Å². The summed E-state index contributed by atoms with van der Waals surface area (Å²) in [5, 5.41) is 2.81. The van der Waals surface area contributed by atoms with Crippen LogP contribution in [0.5, 0.6) is 0 Å². The van der Waals surface area contributed by atoms with E-state index in [4.69, 9.17) is 0 Å². The SMILES string of the molecule is CCCNC(=O)CCN(C(C)=O)c1cccc(C)c1. The van der Waals surface area contributed by atoms with Gasteiger partial charge < -0.3 is 10.2 Å². The van der Waals surface area contributed by atoms with E-state index < -0.39 is 0 Å². The van der Waals surface area contributed by atoms with E-state index in [1.807, 2.05) is 38.1 Å². The Balaban J connectivity index is 2.64. The molecule has 1 aromatic carbocycles. The third-order valence-corrected chi connectivity index (χ3v) is 2.83. The molecule has 1 rings (SSSR count). The number of aryl methyl sites for hydroxylation is 1. The van der Waals surface area contributed by atoms with Crippen LogP contribution in [0.4, 0.5) is 5.69 Å². The molecular formula is C15H22N2O2. The Morgan fingerprint density at radius 2 is 2.05 bits per heavy atom. The van der Waals surface area contributed by atoms with Crippen LogP contribution in [0.1, 0.15) is 32.3 Å². The number of nitrogens with zero attached hydrogens (tertiary/aromatic N) is 1. The van der Waals surface area contributed by atoms with Gasteiger partial charge in [-0.25, -0.2) is 0 Å². The van der Waals surface area contributed by atoms with Crippen molar-refractivity contribution in [1.82, 2.24) is 5.32 Å². The van der Waals surface area contributed by atoms with E-state index in [0.717, 1.165) is 17.7 Å². The standard InChI is InChI=1S/C15H22N2O2/c1-4-9-16-15(19)8-10-17(13(3)18)14-7-5-6-12(2)11-14/h5-7,11H,4,8-10H2,1-3H3,(H,16,19). The van der Waals surface area contributed by atoms with E-state index in [-0.39, 0.29) is 11.8 Å². The van der Waals surface area contributed by atoms with Crippen molar-refractivity contribution in [2.45, 2.75) is 33.6 Å². The van der Waals surface area contributed by atoms with Crippen molar-refractivity contribution in [1.29, 1.82) is 0 Å². The summed E-state index contributed by atoms with van der Waals surface area (Å²) in [6.07, 6.45) is 1.24. The van der Waals surface area contributed by atoms with E-state index in [2.05, 4.69) is 5.32 Å². The summed E-state index contributed by atoms with van der Waals surface area (Å²) in [5.74, 6) is -0.0605. The van der Waals surface area contributed by atoms with Gasteiger partial charge in [0.25, 0.3) is 0 Å². The third kappa shape index (κ3) is 5.12. The molecule has 1 aromatic rings. The number of amides is 2. The molecule has 0 aliphatic carbocycles. The Hall–Kier alpha value is -1.84. The summed E-state index contributed by atoms with van der Waals surface area (Å²) < 4.78 is 0. The summed E-state index contributed by atoms with van der Waals surface area (Å²) in [6.45, 7) is 6.61. The van der Waals surface area contributed by atoms with Crippen LogP contribution in [0.25, 0.3) is 0 Å². The first-order valence-corrected chi connectivity index (χ1v) is 6.66. The smallest absolute Gasteiger partial charge is 0.223 e. The van der Waals surface area contributed by atoms with Crippen LogP contribution in [0.3, 0.4) is 0 Å². The molecule has 0 spiro atoms. The number of nitrogens with one attached hydrogen (secondary N) is 1. The van der Waals surface area contributed by atoms with Crippen molar-refractivity contribution in [3.63, 3.8) is 0 Å². The first kappa shape index (κ1) is 15.2. The minimum atomic E-state index is -0.0473. The van der Waals surface area contributed by atoms with Gasteiger partial charge in [-0.2, -0.15) is 0 Å². The van der Waals surface area contributed by atoms with Crippen LogP contribution < -0.4 is 10.2 Å². The first-order chi connectivity index (χ1) is 9.04. The molecule has 0 heterocycles. The lowest BCUT2D eigenvalue weighted by Gasteiger charge is -2.21. The molecule has 0 radical (unpaired) electrons. The van der Waals surface area contributed by atoms with Crippen molar-refractivity contribution in [2.24, 2.45) is 0 Å². The fraction of sp³-hybridized carbons (Fsp3) is 0.467. The van der Waals surface area contributed by atoms with Gasteiger partial charge in [-0.15, -0.1) is 0 Å². The summed E-state index contributed by atoms with van der Waals surface area (Å²) >= 11 is 0. The van der Waals surface area contributed by atoms with E-state index in [1.165, 1.54) is 6.92 Å². The fourth-order valence-corrected chi connectivity index (χ4v) is 1.83. The Morgan fingerprint density at radius 3 is 2.63 bits per heavy atom. The number of carbonyl (C=O) groups is 2. The zero-order valence-corrected chi connectivity index (χ0v) is 11.9. The number of rotatable bonds is 6. The lowest BCUT2D eigenvalue weighted by Crippen LogP contribution is -2.34. The molecule has 0 atom stereocenters. The molecule has 0 saturated carbocycles. The molecule has 19 heavy (non-hydrogen) atoms. The molecule has 0 bridgehead atoms. The Labute approximate surface area is 114 Å². The lowest BCUT2D eigenvalue weighted by molar-refractivity contribution is -0.121. The predicted octanol–water partition coefficient (Wildman–Crippen LogP) is 2.26. The molecule has 1 N–H and O–H groups in total. The number of benzene rings is 1. The Bertz CT molecular complexity index is 444. The first-order valence-electron chi connectivity index (χ1n) is 6.66. The van der Waals surface area contributed by atoms with Gasteiger partial charge in [-0.1, -0.05) is 19.1 Å². The monoisotopic (exact) mass is 262 g/mol. The van der Waals surface area contributed by atoms with E-state index in [1.54, 1.807) is 4.90 Å². The number of anilines is 1. The van der Waals surface area contributed by atoms with Crippen molar-refractivity contribution < 1.29 is 9.59 Å². The largest absolute Gasteiger partial charge is 0.356 e. The number of hydrogen-bond donors (Lipinski definition) is 1. The van der Waals surface area contributed by atoms with E-state index in [9.17, 15) is 9.59 Å². The summed E-state index contributed by atoms with van der Waals surface area (Å²) in [6, 6.07) is 7.73. The minimum absolute atomic E-state index is 0.0132. The quantitative estimate of drug-likeness (QED) is 0.855. The van der Waals surface area contributed by atoms with Crippen molar-refractivity contribution in [3.8, 4) is 0 Å². The fourth-order valence-electron chi connectivity index (χ4n) is 1.83. The minimum Gasteiger partial charge on any atom is -0.356 e. The molecular weight excluding hydrogens is 240 g/mol. The highest BCUT2D eigenvalue weighted by atomic mass is 16.2. The normalized spacial score (nSPS) is 10.1. The zero-order chi connectivity index (χ0) is 14.3. The Morgan fingerprint density at radius 1 is 1.32 bits per heavy atom. The van der Waals surface area contributed by atoms with Crippen LogP contribution in [-0.2, 0) is 9.59 Å². The molecule has 2 amide bonds. The van der Waals surface area contributed by atoms with Gasteiger partial charge in [-0.05, 0) is 31.0 Å². The summed E-state index contributed by atoms with van der Waals surface area (Å²) in [4.78, 5) is 24.9. The third-order valence-electron chi connectivity index (χ3n) is 2.83. The average molecular weight is 262 g/mol. The van der Waals surface area contributed by atoms with Crippen molar-refractivity contribution in [3.05, 3.63) is 29.8 Å². The number of carbonyl (C=O) groups excluding carboxylic acids is 2. The topological polar surface area (TPSA) is 49.4 Å². The lowest BCUT2D eigenvalue weighted by atomic mass is 10.2. The van der Waals surface area contributed by atoms with Gasteiger partial charge in [0, 0.05) is 32.1 Å². The molecule has 0 aliphatic heterocycles. The molecule has 4 nitrogen and oxygen atoms in total. The molecule has 0 unspecified atom stereocenters. The van der Waals surface area contributed by atoms with Crippen LogP contribution in [0.2, 0.25) is 0 Å². The van der Waals surface area contributed by atoms with Gasteiger partial charge in [0.05, 0.1) is 0 Å². The highest BCUT2D eigenvalue weighted by molar-refractivity contribution is 5.92. The number of hydrogen-bond acceptors (Lipinski definition) is 2. The molecule has 4 heteroatoms. The maximum Gasteiger partial charge on any atom is 0.223 e. The zero-order valence-electron chi connectivity index (χ0n) is 11.9. The summed E-state index contributed by atoms with van der Waals surface area (Å²) in [5.41, 5.74) is 1.94. The highest BCUT2D eigenvalue weighted by Crippen LogP contribution is 2.16. The predicted molar refractivity (Wildman–Crippen MR) is 77.1 cm³/mol. The highest BCUT2D eigenvalue weighted by Gasteiger charge is 2.13. The Kier molecular flexibility index (Phi) is 6.06. The maximum atomic E-state index is 11.7. The van der Waals surface area contributed by atoms with Crippen LogP contribution in [0.15, 0.2) is 24.3 Å². The van der Waals surface area contributed by atoms with Crippen LogP contribution >= 0.6 is 0 Å². The molecule has 0 aromatic heterocycles. The van der Waals surface area contributed by atoms with Crippen molar-refractivity contribution >= 4 is 17.5 Å². The van der Waals surface area contributed by atoms with Gasteiger partial charge in [0.1, 0.15) is 0 Å². The van der Waals surface area contributed by atoms with Crippen LogP contribution in [-0.4, -0.2) is 24.9 Å². The van der Waals surface area contributed by atoms with Crippen LogP contribution in [0, 0.1) is 6.92 Å². The molecule has 104 valence electrons. The maximum absolute atomic E-state index is 11.7. The molecule has 0 aliphatic rings. The van der Waals surface area contributed by atoms with E-state index >= 15 is 0 Å². The van der Waals surface area contributed by atoms with Gasteiger partial charge in [-0.3, -0.25) is 9.59 Å². The molecule has 0 saturated heterocycles. The summed E-state index contributed by atoms with van der Waals surface area (Å²) in [7, 11) is 0. The van der Waals surface area contributed by atoms with Crippen molar-refractivity contribution in [2.75, 3.05) is 18.0 Å². The van der Waals surface area contributed by atoms with E-state index in [0.29, 0.717) is 19.5 Å². The second-order valence-electron chi connectivity index (χ2n) is 4.61. The van der Waals surface area contributed by atoms with Gasteiger partial charge >= 0.3 is 0 Å². The second kappa shape index (κ2) is 7.56. The molecule has 0 fully saturated rings. The average Bonchev–Trinajstić information content (AvgIpc) is 2.36. The second-order valence-corrected chi connectivity index (χ2v) is 4.61. The van der Waals surface area contributed by atoms with Gasteiger partial charge in [0.15, 0.2) is 0 Å².